The molecule has 112 valence electrons. The Balaban J connectivity index is 1.98. The summed E-state index contributed by atoms with van der Waals surface area (Å²) in [4.78, 5) is 2.37. The van der Waals surface area contributed by atoms with E-state index in [1.807, 2.05) is 12.1 Å². The molecule has 0 aromatic heterocycles. The van der Waals surface area contributed by atoms with E-state index >= 15 is 0 Å². The molecule has 2 rings (SSSR count). The van der Waals surface area contributed by atoms with Crippen LogP contribution in [0.5, 0.6) is 0 Å². The van der Waals surface area contributed by atoms with Gasteiger partial charge in [-0.2, -0.15) is 0 Å². The Bertz CT molecular complexity index is 419. The molecule has 0 saturated carbocycles. The quantitative estimate of drug-likeness (QED) is 0.861. The molecule has 1 fully saturated rings. The van der Waals surface area contributed by atoms with Crippen molar-refractivity contribution in [3.63, 3.8) is 0 Å². The van der Waals surface area contributed by atoms with Crippen LogP contribution >= 0.6 is 11.6 Å². The first kappa shape index (κ1) is 15.7. The molecule has 1 aliphatic heterocycles. The Kier molecular flexibility index (Phi) is 6.27. The van der Waals surface area contributed by atoms with Crippen molar-refractivity contribution >= 4 is 11.6 Å². The van der Waals surface area contributed by atoms with Crippen molar-refractivity contribution in [1.29, 1.82) is 0 Å². The molecule has 0 amide bonds. The van der Waals surface area contributed by atoms with Crippen LogP contribution in [-0.2, 0) is 6.54 Å². The second kappa shape index (κ2) is 7.96. The third-order valence-corrected chi connectivity index (χ3v) is 4.23. The molecule has 0 atom stereocenters. The number of piperidine rings is 1. The SMILES string of the molecule is CCCN(Cc1cccc(Cl)c1F)CC1CCNCC1. The maximum absolute atomic E-state index is 14.0. The first-order chi connectivity index (χ1) is 9.70. The summed E-state index contributed by atoms with van der Waals surface area (Å²) in [5.41, 5.74) is 0.708. The molecule has 0 aliphatic carbocycles. The predicted molar refractivity (Wildman–Crippen MR) is 82.6 cm³/mol. The second-order valence-corrected chi connectivity index (χ2v) is 6.05. The van der Waals surface area contributed by atoms with Crippen molar-refractivity contribution in [2.24, 2.45) is 5.92 Å². The van der Waals surface area contributed by atoms with Crippen LogP contribution < -0.4 is 5.32 Å². The summed E-state index contributed by atoms with van der Waals surface area (Å²) in [7, 11) is 0. The Morgan fingerprint density at radius 2 is 2.10 bits per heavy atom. The Labute approximate surface area is 126 Å². The summed E-state index contributed by atoms with van der Waals surface area (Å²) >= 11 is 5.86. The first-order valence-corrected chi connectivity index (χ1v) is 7.94. The number of halogens is 2. The Morgan fingerprint density at radius 3 is 2.80 bits per heavy atom. The zero-order chi connectivity index (χ0) is 14.4. The predicted octanol–water partition coefficient (Wildman–Crippen LogP) is 3.69. The lowest BCUT2D eigenvalue weighted by atomic mass is 9.97. The van der Waals surface area contributed by atoms with E-state index in [0.717, 1.165) is 38.5 Å². The van der Waals surface area contributed by atoms with Crippen LogP contribution in [0.25, 0.3) is 0 Å². The molecule has 0 bridgehead atoms. The first-order valence-electron chi connectivity index (χ1n) is 7.56. The standard InChI is InChI=1S/C16H24ClFN2/c1-2-10-20(11-13-6-8-19-9-7-13)12-14-4-3-5-15(17)16(14)18/h3-5,13,19H,2,6-12H2,1H3. The highest BCUT2D eigenvalue weighted by Gasteiger charge is 2.18. The van der Waals surface area contributed by atoms with Gasteiger partial charge in [-0.1, -0.05) is 30.7 Å². The smallest absolute Gasteiger partial charge is 0.146 e. The summed E-state index contributed by atoms with van der Waals surface area (Å²) in [6, 6.07) is 5.28. The van der Waals surface area contributed by atoms with Gasteiger partial charge < -0.3 is 5.32 Å². The van der Waals surface area contributed by atoms with Crippen LogP contribution in [0.3, 0.4) is 0 Å². The summed E-state index contributed by atoms with van der Waals surface area (Å²) in [6.45, 7) is 7.11. The minimum Gasteiger partial charge on any atom is -0.317 e. The molecular weight excluding hydrogens is 275 g/mol. The lowest BCUT2D eigenvalue weighted by molar-refractivity contribution is 0.197. The van der Waals surface area contributed by atoms with Crippen molar-refractivity contribution in [2.75, 3.05) is 26.2 Å². The Morgan fingerprint density at radius 1 is 1.35 bits per heavy atom. The van der Waals surface area contributed by atoms with Crippen LogP contribution in [-0.4, -0.2) is 31.1 Å². The monoisotopic (exact) mass is 298 g/mol. The van der Waals surface area contributed by atoms with E-state index in [4.69, 9.17) is 11.6 Å². The average molecular weight is 299 g/mol. The molecule has 1 N–H and O–H groups in total. The highest BCUT2D eigenvalue weighted by molar-refractivity contribution is 6.30. The number of hydrogen-bond acceptors (Lipinski definition) is 2. The molecule has 20 heavy (non-hydrogen) atoms. The number of benzene rings is 1. The van der Waals surface area contributed by atoms with Gasteiger partial charge in [0.05, 0.1) is 5.02 Å². The molecule has 0 radical (unpaired) electrons. The summed E-state index contributed by atoms with van der Waals surface area (Å²) < 4.78 is 14.0. The highest BCUT2D eigenvalue weighted by Crippen LogP contribution is 2.21. The van der Waals surface area contributed by atoms with Crippen LogP contribution in [0, 0.1) is 11.7 Å². The van der Waals surface area contributed by atoms with E-state index in [0.29, 0.717) is 12.1 Å². The van der Waals surface area contributed by atoms with Crippen molar-refractivity contribution < 1.29 is 4.39 Å². The van der Waals surface area contributed by atoms with E-state index in [2.05, 4.69) is 17.1 Å². The number of nitrogens with zero attached hydrogens (tertiary/aromatic N) is 1. The molecule has 4 heteroatoms. The van der Waals surface area contributed by atoms with Crippen LogP contribution in [0.15, 0.2) is 18.2 Å². The van der Waals surface area contributed by atoms with Gasteiger partial charge in [0.2, 0.25) is 0 Å². The van der Waals surface area contributed by atoms with Gasteiger partial charge in [0.25, 0.3) is 0 Å². The van der Waals surface area contributed by atoms with Gasteiger partial charge in [-0.3, -0.25) is 4.90 Å². The summed E-state index contributed by atoms with van der Waals surface area (Å²) in [5.74, 6) is 0.464. The summed E-state index contributed by atoms with van der Waals surface area (Å²) in [5, 5.41) is 3.61. The van der Waals surface area contributed by atoms with Gasteiger partial charge in [0, 0.05) is 18.7 Å². The third kappa shape index (κ3) is 4.44. The van der Waals surface area contributed by atoms with Crippen LogP contribution in [0.4, 0.5) is 4.39 Å². The average Bonchev–Trinajstić information content (AvgIpc) is 2.45. The van der Waals surface area contributed by atoms with Gasteiger partial charge in [0.15, 0.2) is 0 Å². The number of hydrogen-bond donors (Lipinski definition) is 1. The largest absolute Gasteiger partial charge is 0.317 e. The van der Waals surface area contributed by atoms with E-state index in [9.17, 15) is 4.39 Å². The lowest BCUT2D eigenvalue weighted by Gasteiger charge is -2.30. The molecule has 2 nitrogen and oxygen atoms in total. The van der Waals surface area contributed by atoms with Crippen LogP contribution in [0.2, 0.25) is 5.02 Å². The third-order valence-electron chi connectivity index (χ3n) is 3.94. The van der Waals surface area contributed by atoms with E-state index in [-0.39, 0.29) is 10.8 Å². The number of nitrogens with one attached hydrogen (secondary N) is 1. The van der Waals surface area contributed by atoms with Crippen molar-refractivity contribution in [2.45, 2.75) is 32.7 Å². The zero-order valence-electron chi connectivity index (χ0n) is 12.2. The highest BCUT2D eigenvalue weighted by atomic mass is 35.5. The van der Waals surface area contributed by atoms with Crippen molar-refractivity contribution in [3.8, 4) is 0 Å². The van der Waals surface area contributed by atoms with Crippen LogP contribution in [0.1, 0.15) is 31.7 Å². The molecule has 1 aromatic rings. The maximum Gasteiger partial charge on any atom is 0.146 e. The fourth-order valence-corrected chi connectivity index (χ4v) is 3.09. The van der Waals surface area contributed by atoms with Gasteiger partial charge in [-0.05, 0) is 50.9 Å². The fraction of sp³-hybridized carbons (Fsp3) is 0.625. The van der Waals surface area contributed by atoms with Gasteiger partial charge >= 0.3 is 0 Å². The molecule has 1 saturated heterocycles. The van der Waals surface area contributed by atoms with E-state index in [1.165, 1.54) is 12.8 Å². The topological polar surface area (TPSA) is 15.3 Å². The van der Waals surface area contributed by atoms with E-state index < -0.39 is 0 Å². The molecule has 0 spiro atoms. The lowest BCUT2D eigenvalue weighted by Crippen LogP contribution is -2.36. The minimum atomic E-state index is -0.263. The second-order valence-electron chi connectivity index (χ2n) is 5.64. The maximum atomic E-state index is 14.0. The summed E-state index contributed by atoms with van der Waals surface area (Å²) in [6.07, 6.45) is 3.53. The van der Waals surface area contributed by atoms with Crippen molar-refractivity contribution in [3.05, 3.63) is 34.6 Å². The van der Waals surface area contributed by atoms with Gasteiger partial charge in [-0.25, -0.2) is 4.39 Å². The minimum absolute atomic E-state index is 0.223. The van der Waals surface area contributed by atoms with Gasteiger partial charge in [0.1, 0.15) is 5.82 Å². The Hall–Kier alpha value is -0.640. The fourth-order valence-electron chi connectivity index (χ4n) is 2.89. The van der Waals surface area contributed by atoms with Gasteiger partial charge in [-0.15, -0.1) is 0 Å². The zero-order valence-corrected chi connectivity index (χ0v) is 12.9. The molecule has 1 aromatic carbocycles. The molecule has 1 aliphatic rings. The normalized spacial score (nSPS) is 16.8. The van der Waals surface area contributed by atoms with E-state index in [1.54, 1.807) is 6.07 Å². The molecule has 1 heterocycles. The molecular formula is C16H24ClFN2. The van der Waals surface area contributed by atoms with Crippen molar-refractivity contribution in [1.82, 2.24) is 10.2 Å². The molecule has 0 unspecified atom stereocenters. The number of rotatable bonds is 6.